The van der Waals surface area contributed by atoms with Gasteiger partial charge in [-0.1, -0.05) is 20.3 Å². The number of hydrogen-bond acceptors (Lipinski definition) is 3. The fraction of sp³-hybridized carbons (Fsp3) is 0.500. The van der Waals surface area contributed by atoms with E-state index in [1.165, 1.54) is 5.56 Å². The maximum Gasteiger partial charge on any atom is 0.227 e. The van der Waals surface area contributed by atoms with Crippen LogP contribution in [0.3, 0.4) is 0 Å². The molecule has 2 heterocycles. The van der Waals surface area contributed by atoms with Gasteiger partial charge in [-0.15, -0.1) is 0 Å². The summed E-state index contributed by atoms with van der Waals surface area (Å²) >= 11 is 1.68. The lowest BCUT2D eigenvalue weighted by Crippen LogP contribution is -2.37. The van der Waals surface area contributed by atoms with Crippen LogP contribution in [0, 0.1) is 5.92 Å². The summed E-state index contributed by atoms with van der Waals surface area (Å²) in [5.74, 6) is 0.158. The Kier molecular flexibility index (Phi) is 5.99. The lowest BCUT2D eigenvalue weighted by Gasteiger charge is -2.25. The highest BCUT2D eigenvalue weighted by atomic mass is 32.1. The number of amides is 1. The number of hydrogen-bond donors (Lipinski definition) is 0. The van der Waals surface area contributed by atoms with Crippen molar-refractivity contribution in [2.75, 3.05) is 6.54 Å². The van der Waals surface area contributed by atoms with E-state index in [9.17, 15) is 4.79 Å². The first-order valence-corrected chi connectivity index (χ1v) is 8.42. The van der Waals surface area contributed by atoms with Crippen LogP contribution in [0.1, 0.15) is 32.3 Å². The Hall–Kier alpha value is -1.62. The Morgan fingerprint density at radius 2 is 2.38 bits per heavy atom. The number of nitrogens with zero attached hydrogens (tertiary/aromatic N) is 3. The second-order valence-electron chi connectivity index (χ2n) is 5.37. The molecule has 5 heteroatoms. The van der Waals surface area contributed by atoms with Crippen LogP contribution in [0.15, 0.2) is 35.3 Å². The van der Waals surface area contributed by atoms with E-state index in [2.05, 4.69) is 28.8 Å². The SMILES string of the molecule is CCCCN(Cc1ccsc1)C(=O)[C@H](C)Cn1cccn1. The average Bonchev–Trinajstić information content (AvgIpc) is 3.16. The van der Waals surface area contributed by atoms with Crippen LogP contribution in [0.5, 0.6) is 0 Å². The van der Waals surface area contributed by atoms with Crippen LogP contribution in [0.4, 0.5) is 0 Å². The van der Waals surface area contributed by atoms with E-state index < -0.39 is 0 Å². The van der Waals surface area contributed by atoms with E-state index in [4.69, 9.17) is 0 Å². The minimum absolute atomic E-state index is 0.0552. The number of carbonyl (C=O) groups is 1. The van der Waals surface area contributed by atoms with Gasteiger partial charge in [-0.05, 0) is 34.9 Å². The number of thiophene rings is 1. The maximum absolute atomic E-state index is 12.7. The molecular formula is C16H23N3OS. The first-order chi connectivity index (χ1) is 10.2. The van der Waals surface area contributed by atoms with Crippen LogP contribution < -0.4 is 0 Å². The molecule has 4 nitrogen and oxygen atoms in total. The molecule has 0 N–H and O–H groups in total. The van der Waals surface area contributed by atoms with E-state index in [1.54, 1.807) is 17.5 Å². The molecule has 1 amide bonds. The highest BCUT2D eigenvalue weighted by molar-refractivity contribution is 7.07. The molecule has 0 saturated carbocycles. The molecule has 0 unspecified atom stereocenters. The first kappa shape index (κ1) is 15.8. The summed E-state index contributed by atoms with van der Waals surface area (Å²) in [5.41, 5.74) is 1.22. The monoisotopic (exact) mass is 305 g/mol. The normalized spacial score (nSPS) is 12.3. The standard InChI is InChI=1S/C16H23N3OS/c1-3-4-8-18(12-15-6-10-21-13-15)16(20)14(2)11-19-9-5-7-17-19/h5-7,9-10,13-14H,3-4,8,11-12H2,1-2H3/t14-/m1/s1. The third kappa shape index (κ3) is 4.70. The van der Waals surface area contributed by atoms with Crippen LogP contribution in [-0.4, -0.2) is 27.1 Å². The summed E-state index contributed by atoms with van der Waals surface area (Å²) in [6.45, 7) is 6.31. The van der Waals surface area contributed by atoms with Gasteiger partial charge in [-0.2, -0.15) is 16.4 Å². The number of rotatable bonds is 8. The van der Waals surface area contributed by atoms with Crippen molar-refractivity contribution in [2.45, 2.75) is 39.8 Å². The van der Waals surface area contributed by atoms with E-state index in [0.29, 0.717) is 13.1 Å². The lowest BCUT2D eigenvalue weighted by molar-refractivity contribution is -0.136. The van der Waals surface area contributed by atoms with Crippen molar-refractivity contribution < 1.29 is 4.79 Å². The molecular weight excluding hydrogens is 282 g/mol. The molecule has 0 bridgehead atoms. The molecule has 2 aromatic rings. The van der Waals surface area contributed by atoms with Crippen LogP contribution in [-0.2, 0) is 17.9 Å². The predicted octanol–water partition coefficient (Wildman–Crippen LogP) is 3.41. The summed E-state index contributed by atoms with van der Waals surface area (Å²) in [6.07, 6.45) is 5.79. The van der Waals surface area contributed by atoms with Crippen LogP contribution >= 0.6 is 11.3 Å². The summed E-state index contributed by atoms with van der Waals surface area (Å²) in [6, 6.07) is 3.98. The highest BCUT2D eigenvalue weighted by Crippen LogP contribution is 2.14. The highest BCUT2D eigenvalue weighted by Gasteiger charge is 2.21. The van der Waals surface area contributed by atoms with Gasteiger partial charge in [0.1, 0.15) is 0 Å². The van der Waals surface area contributed by atoms with Crippen molar-refractivity contribution in [1.82, 2.24) is 14.7 Å². The van der Waals surface area contributed by atoms with Crippen molar-refractivity contribution >= 4 is 17.2 Å². The predicted molar refractivity (Wildman–Crippen MR) is 86.0 cm³/mol. The minimum atomic E-state index is -0.0552. The summed E-state index contributed by atoms with van der Waals surface area (Å²) in [4.78, 5) is 14.7. The van der Waals surface area contributed by atoms with E-state index >= 15 is 0 Å². The van der Waals surface area contributed by atoms with Crippen molar-refractivity contribution in [3.63, 3.8) is 0 Å². The number of aromatic nitrogens is 2. The third-order valence-electron chi connectivity index (χ3n) is 3.49. The summed E-state index contributed by atoms with van der Waals surface area (Å²) in [7, 11) is 0. The second kappa shape index (κ2) is 7.98. The summed E-state index contributed by atoms with van der Waals surface area (Å²) < 4.78 is 1.82. The largest absolute Gasteiger partial charge is 0.338 e. The molecule has 0 aromatic carbocycles. The van der Waals surface area contributed by atoms with Crippen LogP contribution in [0.25, 0.3) is 0 Å². The molecule has 0 aliphatic heterocycles. The topological polar surface area (TPSA) is 38.1 Å². The molecule has 0 fully saturated rings. The van der Waals surface area contributed by atoms with Gasteiger partial charge in [0.2, 0.25) is 5.91 Å². The molecule has 1 atom stereocenters. The number of carbonyl (C=O) groups excluding carboxylic acids is 1. The molecule has 21 heavy (non-hydrogen) atoms. The lowest BCUT2D eigenvalue weighted by atomic mass is 10.1. The van der Waals surface area contributed by atoms with Gasteiger partial charge in [-0.3, -0.25) is 9.48 Å². The summed E-state index contributed by atoms with van der Waals surface area (Å²) in [5, 5.41) is 8.36. The maximum atomic E-state index is 12.7. The Morgan fingerprint density at radius 1 is 1.52 bits per heavy atom. The second-order valence-corrected chi connectivity index (χ2v) is 6.15. The first-order valence-electron chi connectivity index (χ1n) is 7.48. The van der Waals surface area contributed by atoms with Gasteiger partial charge in [0.05, 0.1) is 12.5 Å². The zero-order valence-electron chi connectivity index (χ0n) is 12.7. The molecule has 0 spiro atoms. The van der Waals surface area contributed by atoms with Crippen molar-refractivity contribution in [1.29, 1.82) is 0 Å². The fourth-order valence-corrected chi connectivity index (χ4v) is 2.96. The van der Waals surface area contributed by atoms with Crippen molar-refractivity contribution in [3.05, 3.63) is 40.8 Å². The Labute approximate surface area is 130 Å². The molecule has 2 aromatic heterocycles. The molecule has 0 saturated heterocycles. The van der Waals surface area contributed by atoms with E-state index in [1.807, 2.05) is 28.8 Å². The molecule has 2 rings (SSSR count). The van der Waals surface area contributed by atoms with Gasteiger partial charge in [0.15, 0.2) is 0 Å². The van der Waals surface area contributed by atoms with Crippen LogP contribution in [0.2, 0.25) is 0 Å². The Bertz CT molecular complexity index is 522. The molecule has 0 aliphatic carbocycles. The minimum Gasteiger partial charge on any atom is -0.338 e. The smallest absolute Gasteiger partial charge is 0.227 e. The Morgan fingerprint density at radius 3 is 3.00 bits per heavy atom. The zero-order valence-corrected chi connectivity index (χ0v) is 13.6. The Balaban J connectivity index is 1.98. The molecule has 0 aliphatic rings. The van der Waals surface area contributed by atoms with Crippen molar-refractivity contribution in [3.8, 4) is 0 Å². The van der Waals surface area contributed by atoms with Gasteiger partial charge >= 0.3 is 0 Å². The average molecular weight is 305 g/mol. The zero-order chi connectivity index (χ0) is 15.1. The quantitative estimate of drug-likeness (QED) is 0.749. The van der Waals surface area contributed by atoms with Gasteiger partial charge in [0, 0.05) is 25.5 Å². The van der Waals surface area contributed by atoms with E-state index in [0.717, 1.165) is 19.4 Å². The fourth-order valence-electron chi connectivity index (χ4n) is 2.30. The van der Waals surface area contributed by atoms with Gasteiger partial charge in [-0.25, -0.2) is 0 Å². The van der Waals surface area contributed by atoms with E-state index in [-0.39, 0.29) is 11.8 Å². The molecule has 114 valence electrons. The number of unbranched alkanes of at least 4 members (excludes halogenated alkanes) is 1. The van der Waals surface area contributed by atoms with Crippen molar-refractivity contribution in [2.24, 2.45) is 5.92 Å². The van der Waals surface area contributed by atoms with Gasteiger partial charge < -0.3 is 4.90 Å². The van der Waals surface area contributed by atoms with Gasteiger partial charge in [0.25, 0.3) is 0 Å². The third-order valence-corrected chi connectivity index (χ3v) is 4.22. The molecule has 0 radical (unpaired) electrons.